The number of aromatic nitrogens is 1. The minimum atomic E-state index is 1.04. The van der Waals surface area contributed by atoms with Gasteiger partial charge < -0.3 is 9.80 Å². The van der Waals surface area contributed by atoms with E-state index >= 15 is 0 Å². The third kappa shape index (κ3) is 6.99. The molecule has 0 atom stereocenters. The second kappa shape index (κ2) is 16.8. The molecule has 3 nitrogen and oxygen atoms in total. The lowest BCUT2D eigenvalue weighted by atomic mass is 9.93. The number of benzene rings is 11. The van der Waals surface area contributed by atoms with Gasteiger partial charge in [-0.05, 0) is 130 Å². The van der Waals surface area contributed by atoms with Gasteiger partial charge in [-0.2, -0.15) is 0 Å². The number of para-hydroxylation sites is 4. The van der Waals surface area contributed by atoms with E-state index in [4.69, 9.17) is 4.98 Å². The van der Waals surface area contributed by atoms with Gasteiger partial charge in [0.1, 0.15) is 5.01 Å². The van der Waals surface area contributed by atoms with Crippen LogP contribution in [0.4, 0.5) is 34.1 Å². The lowest BCUT2D eigenvalue weighted by Gasteiger charge is -2.26. The van der Waals surface area contributed by atoms with E-state index in [1.165, 1.54) is 46.6 Å². The van der Waals surface area contributed by atoms with Crippen molar-refractivity contribution in [3.05, 3.63) is 249 Å². The molecule has 0 amide bonds. The summed E-state index contributed by atoms with van der Waals surface area (Å²) >= 11 is 3.66. The predicted molar refractivity (Wildman–Crippen MR) is 293 cm³/mol. The molecule has 0 spiro atoms. The molecule has 0 aliphatic rings. The SMILES string of the molecule is c1ccc(N(c2ccccc2)c2cccc(-c3ccc4c(c3)c3cc(-c5cccc(N(c6ccccc6)c6ccccc6)c5)ccc3c3sc(-c5cccc6sc7ccccc7c56)nc43)c2)cc1. The first-order chi connectivity index (χ1) is 33.7. The first-order valence-corrected chi connectivity index (χ1v) is 24.6. The molecule has 0 fully saturated rings. The molecule has 13 rings (SSSR count). The van der Waals surface area contributed by atoms with Gasteiger partial charge in [0.2, 0.25) is 0 Å². The zero-order chi connectivity index (χ0) is 45.0. The van der Waals surface area contributed by atoms with Gasteiger partial charge in [-0.15, -0.1) is 22.7 Å². The Kier molecular flexibility index (Phi) is 9.89. The van der Waals surface area contributed by atoms with Crippen LogP contribution in [0, 0.1) is 0 Å². The number of fused-ring (bicyclic) bond motifs is 9. The highest BCUT2D eigenvalue weighted by Gasteiger charge is 2.21. The van der Waals surface area contributed by atoms with Crippen LogP contribution in [0.15, 0.2) is 249 Å². The number of rotatable bonds is 9. The van der Waals surface area contributed by atoms with Gasteiger partial charge in [-0.25, -0.2) is 4.98 Å². The second-order valence-corrected chi connectivity index (χ2v) is 19.2. The van der Waals surface area contributed by atoms with E-state index in [2.05, 4.69) is 259 Å². The first-order valence-electron chi connectivity index (χ1n) is 22.9. The van der Waals surface area contributed by atoms with Gasteiger partial charge in [0.15, 0.2) is 0 Å². The Bertz CT molecular complexity index is 3690. The highest BCUT2D eigenvalue weighted by Crippen LogP contribution is 2.47. The van der Waals surface area contributed by atoms with Crippen LogP contribution in [0.1, 0.15) is 0 Å². The summed E-state index contributed by atoms with van der Waals surface area (Å²) in [5.41, 5.74) is 13.5. The van der Waals surface area contributed by atoms with Crippen LogP contribution in [0.25, 0.3) is 84.8 Å². The monoisotopic (exact) mass is 903 g/mol. The molecule has 0 aliphatic carbocycles. The molecule has 2 heterocycles. The van der Waals surface area contributed by atoms with Crippen LogP contribution >= 0.6 is 22.7 Å². The van der Waals surface area contributed by atoms with E-state index in [-0.39, 0.29) is 0 Å². The fourth-order valence-corrected chi connectivity index (χ4v) is 12.2. The fourth-order valence-electron chi connectivity index (χ4n) is 9.90. The smallest absolute Gasteiger partial charge is 0.125 e. The summed E-state index contributed by atoms with van der Waals surface area (Å²) in [5.74, 6) is 0. The summed E-state index contributed by atoms with van der Waals surface area (Å²) in [6.45, 7) is 0. The number of anilines is 6. The summed E-state index contributed by atoms with van der Waals surface area (Å²) in [6, 6.07) is 89.8. The van der Waals surface area contributed by atoms with Crippen molar-refractivity contribution in [2.45, 2.75) is 0 Å². The summed E-state index contributed by atoms with van der Waals surface area (Å²) in [5, 5.41) is 8.36. The molecule has 0 N–H and O–H groups in total. The van der Waals surface area contributed by atoms with E-state index in [1.54, 1.807) is 0 Å². The molecule has 0 saturated carbocycles. The lowest BCUT2D eigenvalue weighted by Crippen LogP contribution is -2.09. The molecular formula is C63H41N3S2. The van der Waals surface area contributed by atoms with Crippen LogP contribution in [0.2, 0.25) is 0 Å². The molecule has 0 unspecified atom stereocenters. The Morgan fingerprint density at radius 3 is 1.29 bits per heavy atom. The number of hydrogen-bond acceptors (Lipinski definition) is 5. The van der Waals surface area contributed by atoms with E-state index in [0.717, 1.165) is 72.3 Å². The van der Waals surface area contributed by atoms with Crippen LogP contribution in [0.3, 0.4) is 0 Å². The van der Waals surface area contributed by atoms with Gasteiger partial charge in [-0.3, -0.25) is 0 Å². The summed E-state index contributed by atoms with van der Waals surface area (Å²) < 4.78 is 3.79. The van der Waals surface area contributed by atoms with Crippen molar-refractivity contribution in [1.29, 1.82) is 0 Å². The summed E-state index contributed by atoms with van der Waals surface area (Å²) in [6.07, 6.45) is 0. The molecule has 5 heteroatoms. The standard InChI is InChI=1S/C63H41N3S2/c1-5-20-46(21-6-1)65(47-22-7-2-8-23-47)50-28-15-18-42(38-50)44-34-36-52-56(40-44)57-41-45(43-19-16-29-51(39-43)66(48-24-9-3-10-25-48)49-26-11-4-12-27-49)35-37-53(57)62-61(52)64-63(68-62)55-31-17-33-59-60(55)54-30-13-14-32-58(54)67-59/h1-41H. The van der Waals surface area contributed by atoms with Crippen molar-refractivity contribution in [3.63, 3.8) is 0 Å². The van der Waals surface area contributed by atoms with Crippen LogP contribution in [-0.4, -0.2) is 4.98 Å². The molecule has 320 valence electrons. The van der Waals surface area contributed by atoms with Gasteiger partial charge in [0.05, 0.1) is 10.2 Å². The molecule has 13 aromatic rings. The van der Waals surface area contributed by atoms with Gasteiger partial charge in [0, 0.05) is 70.6 Å². The number of nitrogens with zero attached hydrogens (tertiary/aromatic N) is 3. The molecule has 0 aliphatic heterocycles. The van der Waals surface area contributed by atoms with Gasteiger partial charge >= 0.3 is 0 Å². The zero-order valence-electron chi connectivity index (χ0n) is 36.8. The van der Waals surface area contributed by atoms with Crippen molar-refractivity contribution in [2.24, 2.45) is 0 Å². The van der Waals surface area contributed by atoms with Crippen molar-refractivity contribution in [3.8, 4) is 32.8 Å². The average molecular weight is 904 g/mol. The Morgan fingerprint density at radius 2 is 0.735 bits per heavy atom. The van der Waals surface area contributed by atoms with E-state index < -0.39 is 0 Å². The minimum Gasteiger partial charge on any atom is -0.310 e. The fraction of sp³-hybridized carbons (Fsp3) is 0. The Labute approximate surface area is 402 Å². The average Bonchev–Trinajstić information content (AvgIpc) is 4.03. The van der Waals surface area contributed by atoms with Crippen LogP contribution in [-0.2, 0) is 0 Å². The second-order valence-electron chi connectivity index (χ2n) is 17.1. The summed E-state index contributed by atoms with van der Waals surface area (Å²) in [7, 11) is 0. The molecule has 68 heavy (non-hydrogen) atoms. The quantitative estimate of drug-likeness (QED) is 0.135. The maximum Gasteiger partial charge on any atom is 0.125 e. The molecular weight excluding hydrogens is 863 g/mol. The highest BCUT2D eigenvalue weighted by atomic mass is 32.1. The Balaban J connectivity index is 1.01. The maximum atomic E-state index is 5.58. The van der Waals surface area contributed by atoms with Gasteiger partial charge in [0.25, 0.3) is 0 Å². The lowest BCUT2D eigenvalue weighted by molar-refractivity contribution is 1.28. The van der Waals surface area contributed by atoms with Crippen molar-refractivity contribution in [1.82, 2.24) is 4.98 Å². The third-order valence-electron chi connectivity index (χ3n) is 13.0. The normalized spacial score (nSPS) is 11.5. The third-order valence-corrected chi connectivity index (χ3v) is 15.3. The van der Waals surface area contributed by atoms with E-state index in [1.807, 2.05) is 22.7 Å². The molecule has 11 aromatic carbocycles. The number of hydrogen-bond donors (Lipinski definition) is 0. The van der Waals surface area contributed by atoms with E-state index in [9.17, 15) is 0 Å². The minimum absolute atomic E-state index is 1.04. The van der Waals surface area contributed by atoms with Crippen molar-refractivity contribution >= 4 is 109 Å². The molecule has 0 bridgehead atoms. The molecule has 0 saturated heterocycles. The molecule has 0 radical (unpaired) electrons. The Hall–Kier alpha value is -8.35. The number of thiophene rings is 1. The first kappa shape index (κ1) is 40.0. The predicted octanol–water partition coefficient (Wildman–Crippen LogP) is 18.9. The molecule has 2 aromatic heterocycles. The van der Waals surface area contributed by atoms with Crippen molar-refractivity contribution < 1.29 is 0 Å². The highest BCUT2D eigenvalue weighted by molar-refractivity contribution is 7.26. The zero-order valence-corrected chi connectivity index (χ0v) is 38.5. The van der Waals surface area contributed by atoms with Crippen LogP contribution in [0.5, 0.6) is 0 Å². The Morgan fingerprint density at radius 1 is 0.294 bits per heavy atom. The number of thiazole rings is 1. The van der Waals surface area contributed by atoms with E-state index in [0.29, 0.717) is 0 Å². The largest absolute Gasteiger partial charge is 0.310 e. The van der Waals surface area contributed by atoms with Crippen molar-refractivity contribution in [2.75, 3.05) is 9.80 Å². The van der Waals surface area contributed by atoms with Gasteiger partial charge in [-0.1, -0.05) is 152 Å². The van der Waals surface area contributed by atoms with Crippen LogP contribution < -0.4 is 9.80 Å². The summed E-state index contributed by atoms with van der Waals surface area (Å²) in [4.78, 5) is 10.2. The maximum absolute atomic E-state index is 5.58. The topological polar surface area (TPSA) is 19.4 Å².